The van der Waals surface area contributed by atoms with Crippen molar-refractivity contribution in [3.05, 3.63) is 71.4 Å². The van der Waals surface area contributed by atoms with Crippen molar-refractivity contribution in [3.8, 4) is 5.75 Å². The third-order valence-corrected chi connectivity index (χ3v) is 5.78. The van der Waals surface area contributed by atoms with Gasteiger partial charge in [-0.2, -0.15) is 0 Å². The fraction of sp³-hybridized carbons (Fsp3) is 0.240. The van der Waals surface area contributed by atoms with E-state index in [2.05, 4.69) is 9.88 Å². The van der Waals surface area contributed by atoms with E-state index in [1.165, 1.54) is 10.5 Å². The number of fused-ring (bicyclic) bond motifs is 1. The van der Waals surface area contributed by atoms with Crippen molar-refractivity contribution < 1.29 is 14.3 Å². The number of para-hydroxylation sites is 1. The van der Waals surface area contributed by atoms with Gasteiger partial charge in [-0.05, 0) is 56.8 Å². The van der Waals surface area contributed by atoms with Gasteiger partial charge in [-0.1, -0.05) is 35.9 Å². The Labute approximate surface area is 192 Å². The zero-order chi connectivity index (χ0) is 22.7. The lowest BCUT2D eigenvalue weighted by atomic mass is 10.1. The van der Waals surface area contributed by atoms with E-state index < -0.39 is 5.91 Å². The van der Waals surface area contributed by atoms with Crippen LogP contribution in [0.4, 0.5) is 0 Å². The van der Waals surface area contributed by atoms with Crippen LogP contribution in [0.15, 0.2) is 60.3 Å². The molecule has 0 bridgehead atoms. The van der Waals surface area contributed by atoms with Gasteiger partial charge in [0.15, 0.2) is 5.11 Å². The van der Waals surface area contributed by atoms with Crippen LogP contribution in [0.25, 0.3) is 17.0 Å². The molecular formula is C25H25N3O3S. The summed E-state index contributed by atoms with van der Waals surface area (Å²) < 4.78 is 7.98. The van der Waals surface area contributed by atoms with E-state index in [-0.39, 0.29) is 16.6 Å². The van der Waals surface area contributed by atoms with Crippen molar-refractivity contribution in [1.29, 1.82) is 0 Å². The lowest BCUT2D eigenvalue weighted by molar-refractivity contribution is -0.128. The molecule has 2 amide bonds. The van der Waals surface area contributed by atoms with Crippen LogP contribution >= 0.6 is 12.2 Å². The zero-order valence-corrected chi connectivity index (χ0v) is 18.9. The minimum Gasteiger partial charge on any atom is -0.494 e. The normalized spacial score (nSPS) is 15.5. The number of rotatable bonds is 7. The number of carbonyl (C=O) groups is 2. The Morgan fingerprint density at radius 3 is 2.59 bits per heavy atom. The second-order valence-electron chi connectivity index (χ2n) is 7.68. The van der Waals surface area contributed by atoms with E-state index in [0.29, 0.717) is 13.2 Å². The highest BCUT2D eigenvalue weighted by atomic mass is 32.1. The van der Waals surface area contributed by atoms with Gasteiger partial charge in [0.05, 0.1) is 6.61 Å². The molecule has 0 spiro atoms. The molecule has 0 aliphatic carbocycles. The summed E-state index contributed by atoms with van der Waals surface area (Å²) in [5.74, 6) is 0.0243. The number of likely N-dealkylation sites (N-methyl/N-ethyl adjacent to an activating group) is 1. The summed E-state index contributed by atoms with van der Waals surface area (Å²) >= 11 is 5.11. The van der Waals surface area contributed by atoms with Crippen molar-refractivity contribution in [1.82, 2.24) is 14.8 Å². The van der Waals surface area contributed by atoms with Crippen molar-refractivity contribution >= 4 is 46.1 Å². The molecule has 2 heterocycles. The number of hydrogen-bond acceptors (Lipinski definition) is 4. The SMILES string of the molecule is CCN1C(=O)/C(=C/c2cn(CCCOc3ccc(C)cc3)c3ccccc23)C(=O)NC1=S. The fourth-order valence-corrected chi connectivity index (χ4v) is 4.08. The van der Waals surface area contributed by atoms with Crippen LogP contribution in [0.3, 0.4) is 0 Å². The highest BCUT2D eigenvalue weighted by molar-refractivity contribution is 7.80. The standard InChI is InChI=1S/C25H25N3O3S/c1-3-28-24(30)21(23(29)26-25(28)32)15-18-16-27(22-8-5-4-7-20(18)22)13-6-14-31-19-11-9-17(2)10-12-19/h4-5,7-12,15-16H,3,6,13-14H2,1-2H3,(H,26,29,32)/b21-15+. The number of benzene rings is 2. The number of amides is 2. The molecule has 1 fully saturated rings. The van der Waals surface area contributed by atoms with Gasteiger partial charge < -0.3 is 9.30 Å². The highest BCUT2D eigenvalue weighted by Crippen LogP contribution is 2.25. The molecule has 164 valence electrons. The van der Waals surface area contributed by atoms with Crippen LogP contribution in [-0.4, -0.2) is 39.5 Å². The summed E-state index contributed by atoms with van der Waals surface area (Å²) in [6.45, 7) is 5.62. The van der Waals surface area contributed by atoms with Crippen molar-refractivity contribution in [2.24, 2.45) is 0 Å². The van der Waals surface area contributed by atoms with Gasteiger partial charge in [0.25, 0.3) is 11.8 Å². The smallest absolute Gasteiger partial charge is 0.265 e. The summed E-state index contributed by atoms with van der Waals surface area (Å²) in [6, 6.07) is 16.0. The number of aryl methyl sites for hydroxylation is 2. The van der Waals surface area contributed by atoms with Crippen LogP contribution in [0.5, 0.6) is 5.75 Å². The summed E-state index contributed by atoms with van der Waals surface area (Å²) in [5, 5.41) is 3.73. The number of nitrogens with zero attached hydrogens (tertiary/aromatic N) is 2. The van der Waals surface area contributed by atoms with E-state index in [4.69, 9.17) is 17.0 Å². The molecule has 0 unspecified atom stereocenters. The molecule has 32 heavy (non-hydrogen) atoms. The number of nitrogens with one attached hydrogen (secondary N) is 1. The van der Waals surface area contributed by atoms with Crippen LogP contribution in [0, 0.1) is 6.92 Å². The Balaban J connectivity index is 1.54. The number of thiocarbonyl (C=S) groups is 1. The Hall–Kier alpha value is -3.45. The van der Waals surface area contributed by atoms with E-state index in [0.717, 1.165) is 35.2 Å². The van der Waals surface area contributed by atoms with E-state index in [9.17, 15) is 9.59 Å². The number of carbonyl (C=O) groups excluding carboxylic acids is 2. The van der Waals surface area contributed by atoms with Crippen LogP contribution in [-0.2, 0) is 16.1 Å². The minimum absolute atomic E-state index is 0.0889. The number of aromatic nitrogens is 1. The summed E-state index contributed by atoms with van der Waals surface area (Å²) in [7, 11) is 0. The van der Waals surface area contributed by atoms with Crippen molar-refractivity contribution in [3.63, 3.8) is 0 Å². The van der Waals surface area contributed by atoms with E-state index >= 15 is 0 Å². The monoisotopic (exact) mass is 447 g/mol. The molecule has 2 aromatic carbocycles. The summed E-state index contributed by atoms with van der Waals surface area (Å²) in [4.78, 5) is 26.6. The van der Waals surface area contributed by atoms with Crippen molar-refractivity contribution in [2.45, 2.75) is 26.8 Å². The van der Waals surface area contributed by atoms with Gasteiger partial charge >= 0.3 is 0 Å². The second-order valence-corrected chi connectivity index (χ2v) is 8.06. The second kappa shape index (κ2) is 9.36. The Morgan fingerprint density at radius 1 is 1.09 bits per heavy atom. The lowest BCUT2D eigenvalue weighted by Gasteiger charge is -2.27. The average molecular weight is 448 g/mol. The van der Waals surface area contributed by atoms with Gasteiger partial charge in [0, 0.05) is 35.8 Å². The molecule has 7 heteroatoms. The molecule has 0 atom stereocenters. The van der Waals surface area contributed by atoms with Gasteiger partial charge in [0.2, 0.25) is 0 Å². The van der Waals surface area contributed by atoms with Crippen LogP contribution in [0.2, 0.25) is 0 Å². The minimum atomic E-state index is -0.465. The molecule has 1 aliphatic heterocycles. The molecule has 1 aliphatic rings. The molecule has 3 aromatic rings. The first kappa shape index (κ1) is 21.8. The first-order valence-corrected chi connectivity index (χ1v) is 11.0. The van der Waals surface area contributed by atoms with Crippen LogP contribution < -0.4 is 10.1 Å². The molecule has 0 radical (unpaired) electrons. The van der Waals surface area contributed by atoms with E-state index in [1.807, 2.05) is 68.6 Å². The van der Waals surface area contributed by atoms with Gasteiger partial charge in [-0.25, -0.2) is 0 Å². The molecule has 6 nitrogen and oxygen atoms in total. The maximum atomic E-state index is 12.8. The Morgan fingerprint density at radius 2 is 1.84 bits per heavy atom. The maximum Gasteiger partial charge on any atom is 0.265 e. The topological polar surface area (TPSA) is 63.6 Å². The molecule has 0 saturated carbocycles. The molecule has 1 saturated heterocycles. The lowest BCUT2D eigenvalue weighted by Crippen LogP contribution is -2.53. The fourth-order valence-electron chi connectivity index (χ4n) is 3.77. The largest absolute Gasteiger partial charge is 0.494 e. The number of hydrogen-bond donors (Lipinski definition) is 1. The van der Waals surface area contributed by atoms with Crippen molar-refractivity contribution in [2.75, 3.05) is 13.2 Å². The highest BCUT2D eigenvalue weighted by Gasteiger charge is 2.32. The zero-order valence-electron chi connectivity index (χ0n) is 18.1. The third kappa shape index (κ3) is 4.43. The molecule has 1 aromatic heterocycles. The molecule has 1 N–H and O–H groups in total. The van der Waals surface area contributed by atoms with E-state index in [1.54, 1.807) is 6.08 Å². The molecule has 4 rings (SSSR count). The average Bonchev–Trinajstić information content (AvgIpc) is 3.13. The summed E-state index contributed by atoms with van der Waals surface area (Å²) in [6.07, 6.45) is 4.46. The number of ether oxygens (including phenoxy) is 1. The predicted molar refractivity (Wildman–Crippen MR) is 129 cm³/mol. The predicted octanol–water partition coefficient (Wildman–Crippen LogP) is 4.07. The molecular weight excluding hydrogens is 422 g/mol. The van der Waals surface area contributed by atoms with Gasteiger partial charge in [-0.15, -0.1) is 0 Å². The quantitative estimate of drug-likeness (QED) is 0.257. The van der Waals surface area contributed by atoms with Crippen LogP contribution in [0.1, 0.15) is 24.5 Å². The first-order valence-electron chi connectivity index (χ1n) is 10.6. The van der Waals surface area contributed by atoms with Gasteiger partial charge in [0.1, 0.15) is 11.3 Å². The third-order valence-electron chi connectivity index (χ3n) is 5.45. The Bertz CT molecular complexity index is 1210. The summed E-state index contributed by atoms with van der Waals surface area (Å²) in [5.41, 5.74) is 3.15. The maximum absolute atomic E-state index is 12.8. The first-order chi connectivity index (χ1) is 15.5. The van der Waals surface area contributed by atoms with Gasteiger partial charge in [-0.3, -0.25) is 19.8 Å². The Kier molecular flexibility index (Phi) is 6.37.